The van der Waals surface area contributed by atoms with Gasteiger partial charge in [0.05, 0.1) is 27.3 Å². The average molecular weight is 1750 g/mol. The van der Waals surface area contributed by atoms with Gasteiger partial charge in [-0.2, -0.15) is 0 Å². The topological polar surface area (TPSA) is 6.48 Å². The SMILES string of the molecule is c1ccc(-c2cc(-c3ccc(-c4ccc5c(c4)C4(c6ccccc6-5)c5ccccc5-c5ccc(N(c6ccc7c(c6)C(c6ccccc6)(c6ccccc6)c6ccccc6-7)c6ccc(-c7ccccc7)cc6-c6ccccc6)cc54)cc3)cc(N(c3ccc4c(c3)C(c3ccccc3)(c3ccccc3)c3ccccc3-4)c3ccc4c(c3)C3(c5ccccc5-c5ccccc53)c3ccccc3-4)c2)cc1. The van der Waals surface area contributed by atoms with Gasteiger partial charge in [0, 0.05) is 34.0 Å². The van der Waals surface area contributed by atoms with Crippen LogP contribution in [0.3, 0.4) is 0 Å². The summed E-state index contributed by atoms with van der Waals surface area (Å²) in [6.07, 6.45) is 0. The molecule has 138 heavy (non-hydrogen) atoms. The van der Waals surface area contributed by atoms with Gasteiger partial charge in [-0.15, -0.1) is 0 Å². The van der Waals surface area contributed by atoms with Crippen LogP contribution in [0, 0.1) is 0 Å². The third kappa shape index (κ3) is 11.3. The van der Waals surface area contributed by atoms with E-state index in [1.165, 1.54) is 161 Å². The van der Waals surface area contributed by atoms with E-state index in [1.54, 1.807) is 0 Å². The van der Waals surface area contributed by atoms with Gasteiger partial charge in [-0.25, -0.2) is 0 Å². The Bertz CT molecular complexity index is 8420. The second-order valence-corrected chi connectivity index (χ2v) is 37.8. The number of anilines is 6. The van der Waals surface area contributed by atoms with Crippen molar-refractivity contribution in [2.24, 2.45) is 0 Å². The Labute approximate surface area is 805 Å². The van der Waals surface area contributed by atoms with Crippen LogP contribution in [-0.2, 0) is 21.7 Å². The number of hydrogen-bond donors (Lipinski definition) is 0. The van der Waals surface area contributed by atoms with Crippen molar-refractivity contribution in [3.63, 3.8) is 0 Å². The molecule has 28 rings (SSSR count). The molecule has 0 fully saturated rings. The molecule has 22 aromatic carbocycles. The molecule has 6 aliphatic rings. The highest BCUT2D eigenvalue weighted by Gasteiger charge is 2.55. The molecule has 0 radical (unpaired) electrons. The minimum Gasteiger partial charge on any atom is -0.310 e. The Morgan fingerprint density at radius 1 is 0.109 bits per heavy atom. The van der Waals surface area contributed by atoms with E-state index in [9.17, 15) is 0 Å². The van der Waals surface area contributed by atoms with Crippen LogP contribution in [0.1, 0.15) is 89.0 Å². The lowest BCUT2D eigenvalue weighted by molar-refractivity contribution is 0.768. The van der Waals surface area contributed by atoms with E-state index in [4.69, 9.17) is 0 Å². The zero-order chi connectivity index (χ0) is 90.8. The van der Waals surface area contributed by atoms with E-state index < -0.39 is 21.7 Å². The van der Waals surface area contributed by atoms with Crippen LogP contribution < -0.4 is 9.80 Å². The fourth-order valence-corrected chi connectivity index (χ4v) is 25.6. The maximum Gasteiger partial charge on any atom is 0.0726 e. The van der Waals surface area contributed by atoms with Crippen LogP contribution in [0.5, 0.6) is 0 Å². The molecule has 22 aromatic rings. The lowest BCUT2D eigenvalue weighted by Crippen LogP contribution is -2.28. The average Bonchev–Trinajstić information content (AvgIpc) is 1.47. The first-order valence-corrected chi connectivity index (χ1v) is 48.2. The van der Waals surface area contributed by atoms with Crippen LogP contribution in [-0.4, -0.2) is 0 Å². The second kappa shape index (κ2) is 31.0. The van der Waals surface area contributed by atoms with Crippen molar-refractivity contribution >= 4 is 34.1 Å². The summed E-state index contributed by atoms with van der Waals surface area (Å²) in [5.41, 5.74) is 50.3. The minimum absolute atomic E-state index is 0.582. The molecule has 6 aliphatic carbocycles. The van der Waals surface area contributed by atoms with Crippen LogP contribution in [0.25, 0.3) is 122 Å². The van der Waals surface area contributed by atoms with Crippen molar-refractivity contribution in [3.05, 3.63) is 623 Å². The first kappa shape index (κ1) is 79.0. The van der Waals surface area contributed by atoms with Crippen molar-refractivity contribution < 1.29 is 0 Å². The first-order chi connectivity index (χ1) is 68.4. The standard InChI is InChI=1S/C136H88N2/c1-8-36-89(37-9-1)94-69-79-132(119(83-94)93-40-12-3-13-41-93)138(104-72-77-116-110-53-23-30-58-121(110)134(129(116)87-104,100-46-18-6-19-47-100)101-48-20-7-21-49-101)105-73-78-118-113-56-28-35-63-126(113)136(131(118)88-105)125-62-34-27-54-111(125)114-74-68-95(84-127(114)136)91-64-66-92(67-65-91)97-80-96(90-38-10-2-11-39-90)81-106(82-97)137(102-70-75-115-109-52-22-29-57-120(109)133(128(115)85-102,98-42-14-4-15-43-98)99-44-16-5-17-45-99)103-71-76-117-112-55-26-33-61-124(112)135(130(117)86-103)122-59-31-24-50-107(122)108-51-25-32-60-123(108)135/h1-88H. The maximum atomic E-state index is 2.58. The van der Waals surface area contributed by atoms with Crippen molar-refractivity contribution in [1.82, 2.24) is 0 Å². The van der Waals surface area contributed by atoms with Crippen LogP contribution in [0.15, 0.2) is 534 Å². The molecule has 2 heteroatoms. The van der Waals surface area contributed by atoms with E-state index in [1.807, 2.05) is 0 Å². The monoisotopic (exact) mass is 1750 g/mol. The summed E-state index contributed by atoms with van der Waals surface area (Å²) in [7, 11) is 0. The summed E-state index contributed by atoms with van der Waals surface area (Å²) in [5, 5.41) is 0. The highest BCUT2D eigenvalue weighted by molar-refractivity contribution is 6.03. The molecule has 2 spiro atoms. The molecule has 0 N–H and O–H groups in total. The molecule has 0 aromatic heterocycles. The van der Waals surface area contributed by atoms with Crippen molar-refractivity contribution in [3.8, 4) is 122 Å². The quantitative estimate of drug-likeness (QED) is 0.101. The van der Waals surface area contributed by atoms with E-state index >= 15 is 0 Å². The molecule has 0 aliphatic heterocycles. The largest absolute Gasteiger partial charge is 0.310 e. The lowest BCUT2D eigenvalue weighted by Gasteiger charge is -2.35. The normalized spacial score (nSPS) is 14.6. The maximum absolute atomic E-state index is 2.58. The number of rotatable bonds is 15. The van der Waals surface area contributed by atoms with E-state index in [0.29, 0.717) is 0 Å². The minimum atomic E-state index is -0.729. The van der Waals surface area contributed by atoms with Crippen LogP contribution in [0.2, 0.25) is 0 Å². The first-order valence-electron chi connectivity index (χ1n) is 48.2. The predicted octanol–water partition coefficient (Wildman–Crippen LogP) is 34.4. The molecular formula is C136H88N2. The van der Waals surface area contributed by atoms with E-state index in [2.05, 4.69) is 544 Å². The summed E-state index contributed by atoms with van der Waals surface area (Å²) in [6, 6.07) is 203. The number of nitrogens with zero attached hydrogens (tertiary/aromatic N) is 2. The Morgan fingerprint density at radius 2 is 0.333 bits per heavy atom. The van der Waals surface area contributed by atoms with Crippen molar-refractivity contribution in [2.45, 2.75) is 21.7 Å². The fourth-order valence-electron chi connectivity index (χ4n) is 25.6. The molecule has 0 saturated heterocycles. The molecule has 1 unspecified atom stereocenters. The van der Waals surface area contributed by atoms with E-state index in [-0.39, 0.29) is 0 Å². The molecule has 1 atom stereocenters. The molecule has 0 bridgehead atoms. The molecule has 0 heterocycles. The predicted molar refractivity (Wildman–Crippen MR) is 570 cm³/mol. The highest BCUT2D eigenvalue weighted by Crippen LogP contribution is 2.68. The summed E-state index contributed by atoms with van der Waals surface area (Å²) >= 11 is 0. The van der Waals surface area contributed by atoms with Gasteiger partial charge in [0.25, 0.3) is 0 Å². The molecule has 0 amide bonds. The van der Waals surface area contributed by atoms with Gasteiger partial charge < -0.3 is 9.80 Å². The van der Waals surface area contributed by atoms with Gasteiger partial charge in [0.1, 0.15) is 0 Å². The Kier molecular flexibility index (Phi) is 17.8. The van der Waals surface area contributed by atoms with Crippen LogP contribution in [0.4, 0.5) is 34.1 Å². The van der Waals surface area contributed by atoms with Gasteiger partial charge in [-0.1, -0.05) is 449 Å². The molecule has 2 nitrogen and oxygen atoms in total. The molecule has 0 saturated carbocycles. The number of hydrogen-bond acceptors (Lipinski definition) is 2. The molecule has 642 valence electrons. The van der Waals surface area contributed by atoms with Gasteiger partial charge in [0.2, 0.25) is 0 Å². The third-order valence-corrected chi connectivity index (χ3v) is 31.2. The third-order valence-electron chi connectivity index (χ3n) is 31.2. The Balaban J connectivity index is 0.623. The van der Waals surface area contributed by atoms with Crippen molar-refractivity contribution in [2.75, 3.05) is 9.80 Å². The number of fused-ring (bicyclic) bond motifs is 26. The Hall–Kier alpha value is -17.6. The van der Waals surface area contributed by atoms with Gasteiger partial charge in [-0.3, -0.25) is 0 Å². The fraction of sp³-hybridized carbons (Fsp3) is 0.0294. The van der Waals surface area contributed by atoms with Crippen LogP contribution >= 0.6 is 0 Å². The summed E-state index contributed by atoms with van der Waals surface area (Å²) < 4.78 is 0. The van der Waals surface area contributed by atoms with Gasteiger partial charge in [0.15, 0.2) is 0 Å². The van der Waals surface area contributed by atoms with E-state index in [0.717, 1.165) is 84.2 Å². The summed E-state index contributed by atoms with van der Waals surface area (Å²) in [5.74, 6) is 0. The summed E-state index contributed by atoms with van der Waals surface area (Å²) in [6.45, 7) is 0. The second-order valence-electron chi connectivity index (χ2n) is 37.8. The van der Waals surface area contributed by atoms with Gasteiger partial charge in [-0.05, 0) is 291 Å². The molecular weight excluding hydrogens is 1660 g/mol. The smallest absolute Gasteiger partial charge is 0.0726 e. The summed E-state index contributed by atoms with van der Waals surface area (Å²) in [4.78, 5) is 5.16. The van der Waals surface area contributed by atoms with Gasteiger partial charge >= 0.3 is 0 Å². The zero-order valence-electron chi connectivity index (χ0n) is 75.7. The lowest BCUT2D eigenvalue weighted by atomic mass is 9.67. The number of benzene rings is 22. The zero-order valence-corrected chi connectivity index (χ0v) is 75.7. The Morgan fingerprint density at radius 3 is 0.681 bits per heavy atom. The van der Waals surface area contributed by atoms with Crippen molar-refractivity contribution in [1.29, 1.82) is 0 Å². The highest BCUT2D eigenvalue weighted by atomic mass is 15.2.